The summed E-state index contributed by atoms with van der Waals surface area (Å²) in [6.45, 7) is 0. The van der Waals surface area contributed by atoms with Crippen LogP contribution < -0.4 is 5.43 Å². The summed E-state index contributed by atoms with van der Waals surface area (Å²) >= 11 is 5.98. The number of carbonyl (C=O) groups is 1. The van der Waals surface area contributed by atoms with Crippen LogP contribution in [0.1, 0.15) is 16.1 Å². The number of pyridine rings is 1. The van der Waals surface area contributed by atoms with Crippen LogP contribution in [0.4, 0.5) is 0 Å². The average Bonchev–Trinajstić information content (AvgIpc) is 2.69. The van der Waals surface area contributed by atoms with Crippen molar-refractivity contribution in [3.8, 4) is 11.1 Å². The molecule has 1 heterocycles. The van der Waals surface area contributed by atoms with E-state index in [1.165, 1.54) is 0 Å². The summed E-state index contributed by atoms with van der Waals surface area (Å²) < 4.78 is 0. The van der Waals surface area contributed by atoms with E-state index in [2.05, 4.69) is 4.98 Å². The van der Waals surface area contributed by atoms with Crippen molar-refractivity contribution in [3.05, 3.63) is 105 Å². The molecule has 126 valence electrons. The molecular formula is C22H14ClNO2. The van der Waals surface area contributed by atoms with Gasteiger partial charge in [-0.05, 0) is 29.8 Å². The van der Waals surface area contributed by atoms with Gasteiger partial charge in [0.2, 0.25) is 5.78 Å². The van der Waals surface area contributed by atoms with Gasteiger partial charge in [0.15, 0.2) is 5.43 Å². The Bertz CT molecular complexity index is 1160. The number of aromatic amines is 1. The van der Waals surface area contributed by atoms with Crippen LogP contribution in [-0.2, 0) is 0 Å². The molecule has 0 saturated carbocycles. The lowest BCUT2D eigenvalue weighted by molar-refractivity contribution is 0.103. The molecule has 0 bridgehead atoms. The highest BCUT2D eigenvalue weighted by molar-refractivity contribution is 6.30. The highest BCUT2D eigenvalue weighted by Gasteiger charge is 2.20. The topological polar surface area (TPSA) is 49.9 Å². The number of H-pyrrole nitrogens is 1. The summed E-state index contributed by atoms with van der Waals surface area (Å²) in [5, 5.41) is 1.11. The van der Waals surface area contributed by atoms with Gasteiger partial charge in [0.1, 0.15) is 0 Å². The van der Waals surface area contributed by atoms with E-state index < -0.39 is 0 Å². The number of fused-ring (bicyclic) bond motifs is 1. The fourth-order valence-corrected chi connectivity index (χ4v) is 3.16. The highest BCUT2D eigenvalue weighted by Crippen LogP contribution is 2.25. The van der Waals surface area contributed by atoms with Crippen LogP contribution in [0.25, 0.3) is 22.0 Å². The molecule has 0 amide bonds. The van der Waals surface area contributed by atoms with Crippen molar-refractivity contribution in [1.82, 2.24) is 4.98 Å². The van der Waals surface area contributed by atoms with Crippen molar-refractivity contribution in [2.45, 2.75) is 0 Å². The molecule has 0 unspecified atom stereocenters. The van der Waals surface area contributed by atoms with Gasteiger partial charge in [-0.15, -0.1) is 0 Å². The maximum absolute atomic E-state index is 13.2. The first kappa shape index (κ1) is 16.3. The molecule has 3 nitrogen and oxygen atoms in total. The monoisotopic (exact) mass is 359 g/mol. The molecule has 3 aromatic carbocycles. The van der Waals surface area contributed by atoms with Gasteiger partial charge >= 0.3 is 0 Å². The molecule has 0 fully saturated rings. The van der Waals surface area contributed by atoms with E-state index in [9.17, 15) is 9.59 Å². The van der Waals surface area contributed by atoms with Crippen molar-refractivity contribution in [2.24, 2.45) is 0 Å². The van der Waals surface area contributed by atoms with Gasteiger partial charge in [-0.25, -0.2) is 0 Å². The maximum Gasteiger partial charge on any atom is 0.209 e. The van der Waals surface area contributed by atoms with Gasteiger partial charge in [0, 0.05) is 21.5 Å². The Morgan fingerprint density at radius 2 is 1.46 bits per heavy atom. The summed E-state index contributed by atoms with van der Waals surface area (Å²) in [6.07, 6.45) is 0. The van der Waals surface area contributed by atoms with E-state index in [0.717, 1.165) is 0 Å². The minimum atomic E-state index is -0.224. The van der Waals surface area contributed by atoms with Crippen LogP contribution in [0, 0.1) is 0 Å². The fourth-order valence-electron chi connectivity index (χ4n) is 3.03. The van der Waals surface area contributed by atoms with Crippen molar-refractivity contribution in [1.29, 1.82) is 0 Å². The summed E-state index contributed by atoms with van der Waals surface area (Å²) in [5.41, 5.74) is 2.27. The summed E-state index contributed by atoms with van der Waals surface area (Å²) in [5.74, 6) is -0.224. The second-order valence-corrected chi connectivity index (χ2v) is 6.39. The van der Waals surface area contributed by atoms with E-state index in [1.54, 1.807) is 60.7 Å². The standard InChI is InChI=1S/C22H14ClNO2/c23-16-12-10-14(11-13-16)19-20(21(25)15-6-2-1-3-7-15)24-18-9-5-4-8-17(18)22(19)26/h1-13H,(H,24,26). The minimum absolute atomic E-state index is 0.180. The average molecular weight is 360 g/mol. The second-order valence-electron chi connectivity index (χ2n) is 5.95. The van der Waals surface area contributed by atoms with Gasteiger partial charge in [0.25, 0.3) is 0 Å². The molecule has 0 radical (unpaired) electrons. The normalized spacial score (nSPS) is 10.8. The number of carbonyl (C=O) groups excluding carboxylic acids is 1. The van der Waals surface area contributed by atoms with Gasteiger partial charge in [-0.3, -0.25) is 9.59 Å². The Morgan fingerprint density at radius 3 is 2.19 bits per heavy atom. The molecule has 0 aliphatic heterocycles. The number of hydrogen-bond donors (Lipinski definition) is 1. The molecule has 4 rings (SSSR count). The zero-order valence-corrected chi connectivity index (χ0v) is 14.5. The Kier molecular flexibility index (Phi) is 4.15. The van der Waals surface area contributed by atoms with Crippen LogP contribution in [0.5, 0.6) is 0 Å². The smallest absolute Gasteiger partial charge is 0.209 e. The van der Waals surface area contributed by atoms with E-state index in [-0.39, 0.29) is 16.9 Å². The van der Waals surface area contributed by atoms with E-state index in [0.29, 0.717) is 32.6 Å². The second kappa shape index (κ2) is 6.62. The Balaban J connectivity index is 2.04. The van der Waals surface area contributed by atoms with E-state index in [1.807, 2.05) is 18.2 Å². The molecular weight excluding hydrogens is 346 g/mol. The predicted octanol–water partition coefficient (Wildman–Crippen LogP) is 5.08. The van der Waals surface area contributed by atoms with Crippen molar-refractivity contribution >= 4 is 28.3 Å². The molecule has 1 N–H and O–H groups in total. The molecule has 4 heteroatoms. The third-order valence-electron chi connectivity index (χ3n) is 4.30. The molecule has 0 spiro atoms. The van der Waals surface area contributed by atoms with Crippen LogP contribution in [-0.4, -0.2) is 10.8 Å². The Labute approximate surface area is 154 Å². The van der Waals surface area contributed by atoms with Gasteiger partial charge in [-0.2, -0.15) is 0 Å². The molecule has 0 atom stereocenters. The largest absolute Gasteiger partial charge is 0.351 e. The number of nitrogens with one attached hydrogen (secondary N) is 1. The number of aromatic nitrogens is 1. The predicted molar refractivity (Wildman–Crippen MR) is 105 cm³/mol. The van der Waals surface area contributed by atoms with E-state index >= 15 is 0 Å². The zero-order chi connectivity index (χ0) is 18.1. The molecule has 4 aromatic rings. The molecule has 1 aromatic heterocycles. The summed E-state index contributed by atoms with van der Waals surface area (Å²) in [6, 6.07) is 23.0. The Hall–Kier alpha value is -3.17. The van der Waals surface area contributed by atoms with Gasteiger partial charge < -0.3 is 4.98 Å². The lowest BCUT2D eigenvalue weighted by atomic mass is 9.96. The molecule has 0 aliphatic carbocycles. The number of hydrogen-bond acceptors (Lipinski definition) is 2. The number of ketones is 1. The van der Waals surface area contributed by atoms with E-state index in [4.69, 9.17) is 11.6 Å². The number of halogens is 1. The minimum Gasteiger partial charge on any atom is -0.351 e. The summed E-state index contributed by atoms with van der Waals surface area (Å²) in [7, 11) is 0. The van der Waals surface area contributed by atoms with Crippen LogP contribution in [0.2, 0.25) is 5.02 Å². The van der Waals surface area contributed by atoms with Gasteiger partial charge in [0.05, 0.1) is 11.3 Å². The van der Waals surface area contributed by atoms with Crippen molar-refractivity contribution in [3.63, 3.8) is 0 Å². The molecule has 0 aliphatic rings. The van der Waals surface area contributed by atoms with Crippen LogP contribution >= 0.6 is 11.6 Å². The molecule has 26 heavy (non-hydrogen) atoms. The third kappa shape index (κ3) is 2.83. The highest BCUT2D eigenvalue weighted by atomic mass is 35.5. The SMILES string of the molecule is O=C(c1ccccc1)c1[nH]c2ccccc2c(=O)c1-c1ccc(Cl)cc1. The van der Waals surface area contributed by atoms with Crippen LogP contribution in [0.15, 0.2) is 83.7 Å². The van der Waals surface area contributed by atoms with Crippen molar-refractivity contribution in [2.75, 3.05) is 0 Å². The van der Waals surface area contributed by atoms with Gasteiger partial charge in [-0.1, -0.05) is 66.2 Å². The van der Waals surface area contributed by atoms with Crippen molar-refractivity contribution < 1.29 is 4.79 Å². The fraction of sp³-hybridized carbons (Fsp3) is 0. The quantitative estimate of drug-likeness (QED) is 0.518. The number of benzene rings is 3. The first-order valence-electron chi connectivity index (χ1n) is 8.16. The third-order valence-corrected chi connectivity index (χ3v) is 4.56. The maximum atomic E-state index is 13.2. The molecule has 0 saturated heterocycles. The first-order valence-corrected chi connectivity index (χ1v) is 8.53. The first-order chi connectivity index (χ1) is 12.6. The zero-order valence-electron chi connectivity index (χ0n) is 13.7. The summed E-state index contributed by atoms with van der Waals surface area (Å²) in [4.78, 5) is 29.4. The Morgan fingerprint density at radius 1 is 0.808 bits per heavy atom. The lowest BCUT2D eigenvalue weighted by Gasteiger charge is -2.11. The number of para-hydroxylation sites is 1. The lowest BCUT2D eigenvalue weighted by Crippen LogP contribution is -2.16. The van der Waals surface area contributed by atoms with Crippen LogP contribution in [0.3, 0.4) is 0 Å². The number of rotatable bonds is 3.